The third-order valence-electron chi connectivity index (χ3n) is 6.58. The van der Waals surface area contributed by atoms with Gasteiger partial charge in [0.2, 0.25) is 15.9 Å². The van der Waals surface area contributed by atoms with E-state index < -0.39 is 15.8 Å². The van der Waals surface area contributed by atoms with Crippen molar-refractivity contribution in [3.05, 3.63) is 59.4 Å². The van der Waals surface area contributed by atoms with E-state index in [1.165, 1.54) is 16.4 Å². The van der Waals surface area contributed by atoms with Crippen molar-refractivity contribution in [2.24, 2.45) is 5.92 Å². The Labute approximate surface area is 197 Å². The SMILES string of the molecule is O=C([C@@H]1CCCN(S(=O)(=O)c2ccc(F)cc2)C1)N1CCC[C@H](c2nc3ccccc3s2)C1. The first-order chi connectivity index (χ1) is 15.9. The summed E-state index contributed by atoms with van der Waals surface area (Å²) in [5, 5.41) is 1.07. The molecule has 9 heteroatoms. The number of nitrogens with zero attached hydrogens (tertiary/aromatic N) is 3. The molecule has 1 aromatic heterocycles. The van der Waals surface area contributed by atoms with Crippen LogP contribution in [0.4, 0.5) is 4.39 Å². The maximum atomic E-state index is 13.4. The van der Waals surface area contributed by atoms with Gasteiger partial charge in [-0.15, -0.1) is 11.3 Å². The minimum atomic E-state index is -3.76. The number of carbonyl (C=O) groups is 1. The summed E-state index contributed by atoms with van der Waals surface area (Å²) in [7, 11) is -3.76. The number of fused-ring (bicyclic) bond motifs is 1. The van der Waals surface area contributed by atoms with Crippen LogP contribution < -0.4 is 0 Å². The van der Waals surface area contributed by atoms with E-state index in [1.54, 1.807) is 11.3 Å². The van der Waals surface area contributed by atoms with Gasteiger partial charge in [0.05, 0.1) is 26.0 Å². The van der Waals surface area contributed by atoms with Gasteiger partial charge >= 0.3 is 0 Å². The number of hydrogen-bond acceptors (Lipinski definition) is 5. The Kier molecular flexibility index (Phi) is 6.20. The lowest BCUT2D eigenvalue weighted by Crippen LogP contribution is -2.48. The topological polar surface area (TPSA) is 70.6 Å². The summed E-state index contributed by atoms with van der Waals surface area (Å²) in [5.74, 6) is -0.598. The van der Waals surface area contributed by atoms with Crippen LogP contribution in [0, 0.1) is 11.7 Å². The minimum absolute atomic E-state index is 0.0276. The second-order valence-corrected chi connectivity index (χ2v) is 11.8. The van der Waals surface area contributed by atoms with Crippen molar-refractivity contribution in [1.29, 1.82) is 0 Å². The Balaban J connectivity index is 1.29. The van der Waals surface area contributed by atoms with Gasteiger partial charge in [-0.1, -0.05) is 12.1 Å². The van der Waals surface area contributed by atoms with E-state index in [0.29, 0.717) is 32.5 Å². The number of amides is 1. The molecule has 2 aliphatic heterocycles. The van der Waals surface area contributed by atoms with Crippen LogP contribution >= 0.6 is 11.3 Å². The number of likely N-dealkylation sites (tertiary alicyclic amines) is 1. The molecule has 0 radical (unpaired) electrons. The van der Waals surface area contributed by atoms with Crippen LogP contribution in [0.15, 0.2) is 53.4 Å². The fourth-order valence-electron chi connectivity index (χ4n) is 4.82. The van der Waals surface area contributed by atoms with E-state index in [1.807, 2.05) is 23.1 Å². The van der Waals surface area contributed by atoms with E-state index in [9.17, 15) is 17.6 Å². The largest absolute Gasteiger partial charge is 0.342 e. The molecular weight excluding hydrogens is 461 g/mol. The summed E-state index contributed by atoms with van der Waals surface area (Å²) in [5.41, 5.74) is 0.995. The van der Waals surface area contributed by atoms with E-state index >= 15 is 0 Å². The molecule has 0 aliphatic carbocycles. The molecule has 1 amide bonds. The molecule has 33 heavy (non-hydrogen) atoms. The number of thiazole rings is 1. The van der Waals surface area contributed by atoms with Crippen LogP contribution in [0.2, 0.25) is 0 Å². The van der Waals surface area contributed by atoms with Gasteiger partial charge in [0.1, 0.15) is 5.82 Å². The molecule has 0 saturated carbocycles. The molecule has 3 aromatic rings. The van der Waals surface area contributed by atoms with Crippen molar-refractivity contribution in [3.8, 4) is 0 Å². The number of benzene rings is 2. The van der Waals surface area contributed by atoms with Crippen molar-refractivity contribution < 1.29 is 17.6 Å². The van der Waals surface area contributed by atoms with Gasteiger partial charge in [0.25, 0.3) is 0 Å². The van der Waals surface area contributed by atoms with Gasteiger partial charge in [-0.25, -0.2) is 17.8 Å². The van der Waals surface area contributed by atoms with Crippen LogP contribution in [0.1, 0.15) is 36.6 Å². The Bertz CT molecular complexity index is 1230. The van der Waals surface area contributed by atoms with E-state index in [-0.39, 0.29) is 29.2 Å². The second-order valence-electron chi connectivity index (χ2n) is 8.80. The van der Waals surface area contributed by atoms with E-state index in [2.05, 4.69) is 6.07 Å². The molecule has 2 aromatic carbocycles. The highest BCUT2D eigenvalue weighted by molar-refractivity contribution is 7.89. The standard InChI is InChI=1S/C24H26FN3O3S2/c25-19-9-11-20(12-10-19)33(30,31)28-14-4-6-18(16-28)24(29)27-13-3-5-17(15-27)23-26-21-7-1-2-8-22(21)32-23/h1-2,7-12,17-18H,3-6,13-16H2/t17-,18+/m0/s1. The molecule has 174 valence electrons. The third-order valence-corrected chi connectivity index (χ3v) is 9.66. The molecule has 5 rings (SSSR count). The zero-order chi connectivity index (χ0) is 23.0. The third kappa shape index (κ3) is 4.54. The summed E-state index contributed by atoms with van der Waals surface area (Å²) >= 11 is 1.69. The molecule has 0 bridgehead atoms. The Hall–Kier alpha value is -2.36. The predicted octanol–water partition coefficient (Wildman–Crippen LogP) is 4.24. The first kappa shape index (κ1) is 22.4. The zero-order valence-corrected chi connectivity index (χ0v) is 19.8. The molecule has 0 spiro atoms. The van der Waals surface area contributed by atoms with Crippen molar-refractivity contribution in [3.63, 3.8) is 0 Å². The van der Waals surface area contributed by atoms with Crippen LogP contribution in [-0.4, -0.2) is 54.7 Å². The molecule has 0 N–H and O–H groups in total. The average molecular weight is 488 g/mol. The first-order valence-electron chi connectivity index (χ1n) is 11.3. The van der Waals surface area contributed by atoms with Gasteiger partial charge in [-0.2, -0.15) is 4.31 Å². The van der Waals surface area contributed by atoms with Gasteiger partial charge in [0, 0.05) is 32.1 Å². The van der Waals surface area contributed by atoms with Crippen LogP contribution in [0.3, 0.4) is 0 Å². The number of sulfonamides is 1. The van der Waals surface area contributed by atoms with Gasteiger partial charge in [0.15, 0.2) is 0 Å². The van der Waals surface area contributed by atoms with Crippen molar-refractivity contribution in [2.75, 3.05) is 26.2 Å². The summed E-state index contributed by atoms with van der Waals surface area (Å²) in [6, 6.07) is 12.9. The molecule has 2 fully saturated rings. The molecule has 2 saturated heterocycles. The number of rotatable bonds is 4. The number of hydrogen-bond donors (Lipinski definition) is 0. The zero-order valence-electron chi connectivity index (χ0n) is 18.2. The van der Waals surface area contributed by atoms with Crippen molar-refractivity contribution in [2.45, 2.75) is 36.5 Å². The Morgan fingerprint density at radius 3 is 2.55 bits per heavy atom. The molecular formula is C24H26FN3O3S2. The molecule has 0 unspecified atom stereocenters. The quantitative estimate of drug-likeness (QED) is 0.552. The summed E-state index contributed by atoms with van der Waals surface area (Å²) in [6.07, 6.45) is 3.22. The summed E-state index contributed by atoms with van der Waals surface area (Å²) in [6.45, 7) is 1.86. The van der Waals surface area contributed by atoms with Gasteiger partial charge < -0.3 is 4.90 Å². The Morgan fingerprint density at radius 1 is 1.00 bits per heavy atom. The molecule has 2 aliphatic rings. The summed E-state index contributed by atoms with van der Waals surface area (Å²) in [4.78, 5) is 20.1. The lowest BCUT2D eigenvalue weighted by molar-refractivity contribution is -0.137. The maximum absolute atomic E-state index is 13.4. The molecule has 3 heterocycles. The van der Waals surface area contributed by atoms with Gasteiger partial charge in [-0.05, 0) is 62.1 Å². The minimum Gasteiger partial charge on any atom is -0.342 e. The van der Waals surface area contributed by atoms with E-state index in [4.69, 9.17) is 4.98 Å². The lowest BCUT2D eigenvalue weighted by Gasteiger charge is -2.37. The van der Waals surface area contributed by atoms with Crippen molar-refractivity contribution in [1.82, 2.24) is 14.2 Å². The van der Waals surface area contributed by atoms with Crippen LogP contribution in [0.25, 0.3) is 10.2 Å². The van der Waals surface area contributed by atoms with Gasteiger partial charge in [-0.3, -0.25) is 4.79 Å². The number of carbonyl (C=O) groups excluding carboxylic acids is 1. The fourth-order valence-corrected chi connectivity index (χ4v) is 7.44. The summed E-state index contributed by atoms with van der Waals surface area (Å²) < 4.78 is 41.9. The fraction of sp³-hybridized carbons (Fsp3) is 0.417. The monoisotopic (exact) mass is 487 g/mol. The highest BCUT2D eigenvalue weighted by Crippen LogP contribution is 2.34. The van der Waals surface area contributed by atoms with Crippen LogP contribution in [-0.2, 0) is 14.8 Å². The van der Waals surface area contributed by atoms with E-state index in [0.717, 1.165) is 40.2 Å². The normalized spacial score (nSPS) is 22.5. The second kappa shape index (κ2) is 9.12. The number of halogens is 1. The maximum Gasteiger partial charge on any atom is 0.243 e. The predicted molar refractivity (Wildman–Crippen MR) is 126 cm³/mol. The van der Waals surface area contributed by atoms with Crippen LogP contribution in [0.5, 0.6) is 0 Å². The van der Waals surface area contributed by atoms with Crippen molar-refractivity contribution >= 4 is 37.5 Å². The number of aromatic nitrogens is 1. The molecule has 6 nitrogen and oxygen atoms in total. The number of para-hydroxylation sites is 1. The number of piperidine rings is 2. The average Bonchev–Trinajstić information content (AvgIpc) is 3.28. The first-order valence-corrected chi connectivity index (χ1v) is 13.6. The highest BCUT2D eigenvalue weighted by atomic mass is 32.2. The Morgan fingerprint density at radius 2 is 1.76 bits per heavy atom. The lowest BCUT2D eigenvalue weighted by atomic mass is 9.94. The molecule has 2 atom stereocenters. The highest BCUT2D eigenvalue weighted by Gasteiger charge is 2.36. The smallest absolute Gasteiger partial charge is 0.243 e.